The molecular weight excluding hydrogens is 172 g/mol. The van der Waals surface area contributed by atoms with Gasteiger partial charge in [-0.25, -0.2) is 0 Å². The van der Waals surface area contributed by atoms with Crippen molar-refractivity contribution >= 4 is 0 Å². The van der Waals surface area contributed by atoms with Gasteiger partial charge in [-0.15, -0.1) is 0 Å². The lowest BCUT2D eigenvalue weighted by molar-refractivity contribution is 0.0148. The topological polar surface area (TPSA) is 47.9 Å². The second-order valence-corrected chi connectivity index (χ2v) is 2.17. The van der Waals surface area contributed by atoms with Crippen LogP contribution in [0.3, 0.4) is 0 Å². The van der Waals surface area contributed by atoms with E-state index in [0.29, 0.717) is 25.6 Å². The molecule has 0 atom stereocenters. The Morgan fingerprint density at radius 3 is 1.69 bits per heavy atom. The normalized spacial score (nSPS) is 9.23. The minimum atomic E-state index is -0.205. The molecule has 0 amide bonds. The summed E-state index contributed by atoms with van der Waals surface area (Å²) in [5.41, 5.74) is 0. The second kappa shape index (κ2) is 7.73. The lowest BCUT2D eigenvalue weighted by Gasteiger charge is -2.13. The summed E-state index contributed by atoms with van der Waals surface area (Å²) in [5, 5.41) is 8.94. The minimum absolute atomic E-state index is 0.205. The third kappa shape index (κ3) is 4.62. The molecule has 0 aliphatic carbocycles. The van der Waals surface area contributed by atoms with Gasteiger partial charge in [0.2, 0.25) is 5.76 Å². The van der Waals surface area contributed by atoms with E-state index in [2.05, 4.69) is 0 Å². The van der Waals surface area contributed by atoms with Crippen LogP contribution in [0.1, 0.15) is 20.8 Å². The molecule has 4 nitrogen and oxygen atoms in total. The summed E-state index contributed by atoms with van der Waals surface area (Å²) in [6.45, 7) is 6.80. The largest absolute Gasteiger partial charge is 0.489 e. The maximum absolute atomic E-state index is 8.94. The Hall–Kier alpha value is -0.900. The smallest absolute Gasteiger partial charge is 0.321 e. The second-order valence-electron chi connectivity index (χ2n) is 2.17. The van der Waals surface area contributed by atoms with Gasteiger partial charge < -0.3 is 19.3 Å². The molecule has 0 unspecified atom stereocenters. The summed E-state index contributed by atoms with van der Waals surface area (Å²) >= 11 is 0. The van der Waals surface area contributed by atoms with Crippen LogP contribution >= 0.6 is 0 Å². The molecule has 1 N–H and O–H groups in total. The zero-order valence-electron chi connectivity index (χ0n) is 8.50. The molecule has 0 rings (SSSR count). The Kier molecular flexibility index (Phi) is 7.20. The third-order valence-corrected chi connectivity index (χ3v) is 1.24. The fourth-order valence-corrected chi connectivity index (χ4v) is 0.808. The lowest BCUT2D eigenvalue weighted by Crippen LogP contribution is -2.08. The van der Waals surface area contributed by atoms with E-state index in [1.54, 1.807) is 0 Å². The molecule has 0 aromatic heterocycles. The Morgan fingerprint density at radius 2 is 1.38 bits per heavy atom. The van der Waals surface area contributed by atoms with Gasteiger partial charge in [-0.3, -0.25) is 0 Å². The third-order valence-electron chi connectivity index (χ3n) is 1.24. The van der Waals surface area contributed by atoms with Crippen LogP contribution in [0.5, 0.6) is 0 Å². The first kappa shape index (κ1) is 12.1. The first-order chi connectivity index (χ1) is 6.29. The van der Waals surface area contributed by atoms with Gasteiger partial charge in [0, 0.05) is 0 Å². The predicted octanol–water partition coefficient (Wildman–Crippen LogP) is 1.26. The van der Waals surface area contributed by atoms with Gasteiger partial charge in [0.1, 0.15) is 6.61 Å². The van der Waals surface area contributed by atoms with Crippen molar-refractivity contribution < 1.29 is 19.3 Å². The summed E-state index contributed by atoms with van der Waals surface area (Å²) in [7, 11) is 0. The number of ether oxygens (including phenoxy) is 3. The standard InChI is InChI=1S/C9H18O4/c1-4-11-8(7-10)9(12-5-2)13-6-3/h10H,4-7H2,1-3H3. The summed E-state index contributed by atoms with van der Waals surface area (Å²) in [5.74, 6) is 0.639. The predicted molar refractivity (Wildman–Crippen MR) is 49.0 cm³/mol. The van der Waals surface area contributed by atoms with Gasteiger partial charge >= 0.3 is 5.95 Å². The van der Waals surface area contributed by atoms with Crippen LogP contribution in [0, 0.1) is 0 Å². The van der Waals surface area contributed by atoms with E-state index < -0.39 is 0 Å². The van der Waals surface area contributed by atoms with Crippen LogP contribution in [0.25, 0.3) is 0 Å². The van der Waals surface area contributed by atoms with Crippen LogP contribution < -0.4 is 0 Å². The Balaban J connectivity index is 4.35. The minimum Gasteiger partial charge on any atom is -0.489 e. The Morgan fingerprint density at radius 1 is 0.923 bits per heavy atom. The van der Waals surface area contributed by atoms with E-state index in [1.807, 2.05) is 20.8 Å². The van der Waals surface area contributed by atoms with Crippen molar-refractivity contribution in [1.29, 1.82) is 0 Å². The maximum Gasteiger partial charge on any atom is 0.321 e. The summed E-state index contributed by atoms with van der Waals surface area (Å²) in [6.07, 6.45) is 0. The molecule has 78 valence electrons. The Labute approximate surface area is 79.1 Å². The Bertz CT molecular complexity index is 146. The van der Waals surface area contributed by atoms with Gasteiger partial charge in [0.15, 0.2) is 0 Å². The van der Waals surface area contributed by atoms with E-state index in [0.717, 1.165) is 0 Å². The average molecular weight is 190 g/mol. The maximum atomic E-state index is 8.94. The van der Waals surface area contributed by atoms with Crippen LogP contribution in [-0.4, -0.2) is 31.5 Å². The summed E-state index contributed by atoms with van der Waals surface area (Å²) in [4.78, 5) is 0. The molecular formula is C9H18O4. The molecule has 4 heteroatoms. The van der Waals surface area contributed by atoms with Gasteiger partial charge in [-0.05, 0) is 20.8 Å². The molecule has 0 aliphatic rings. The van der Waals surface area contributed by atoms with Crippen LogP contribution in [0.2, 0.25) is 0 Å². The number of hydrogen-bond acceptors (Lipinski definition) is 4. The number of aliphatic hydroxyl groups is 1. The molecule has 0 heterocycles. The van der Waals surface area contributed by atoms with E-state index >= 15 is 0 Å². The summed E-state index contributed by atoms with van der Waals surface area (Å²) in [6, 6.07) is 0. The van der Waals surface area contributed by atoms with E-state index in [4.69, 9.17) is 19.3 Å². The highest BCUT2D eigenvalue weighted by Gasteiger charge is 2.09. The van der Waals surface area contributed by atoms with Gasteiger partial charge in [-0.2, -0.15) is 0 Å². The fourth-order valence-electron chi connectivity index (χ4n) is 0.808. The van der Waals surface area contributed by atoms with Gasteiger partial charge in [-0.1, -0.05) is 0 Å². The van der Waals surface area contributed by atoms with Crippen molar-refractivity contribution in [2.24, 2.45) is 0 Å². The van der Waals surface area contributed by atoms with Crippen molar-refractivity contribution in [2.75, 3.05) is 26.4 Å². The van der Waals surface area contributed by atoms with E-state index in [-0.39, 0.29) is 12.6 Å². The molecule has 0 fully saturated rings. The molecule has 0 radical (unpaired) electrons. The lowest BCUT2D eigenvalue weighted by atomic mass is 10.5. The zero-order valence-corrected chi connectivity index (χ0v) is 8.50. The van der Waals surface area contributed by atoms with Crippen molar-refractivity contribution in [3.05, 3.63) is 11.7 Å². The number of aliphatic hydroxyl groups excluding tert-OH is 1. The molecule has 0 saturated heterocycles. The molecule has 0 aliphatic heterocycles. The fraction of sp³-hybridized carbons (Fsp3) is 0.778. The molecule has 0 saturated carbocycles. The van der Waals surface area contributed by atoms with Crippen molar-refractivity contribution in [2.45, 2.75) is 20.8 Å². The van der Waals surface area contributed by atoms with Crippen molar-refractivity contribution in [3.63, 3.8) is 0 Å². The van der Waals surface area contributed by atoms with Crippen LogP contribution in [0.15, 0.2) is 11.7 Å². The number of rotatable bonds is 7. The molecule has 0 aromatic rings. The highest BCUT2D eigenvalue weighted by Crippen LogP contribution is 2.09. The highest BCUT2D eigenvalue weighted by atomic mass is 16.7. The molecule has 0 bridgehead atoms. The van der Waals surface area contributed by atoms with Crippen molar-refractivity contribution in [3.8, 4) is 0 Å². The highest BCUT2D eigenvalue weighted by molar-refractivity contribution is 4.94. The van der Waals surface area contributed by atoms with E-state index in [9.17, 15) is 0 Å². The van der Waals surface area contributed by atoms with Crippen LogP contribution in [-0.2, 0) is 14.2 Å². The van der Waals surface area contributed by atoms with Gasteiger partial charge in [0.05, 0.1) is 19.8 Å². The SMILES string of the molecule is CCOC(CO)=C(OCC)OCC. The zero-order chi connectivity index (χ0) is 10.1. The molecule has 0 aromatic carbocycles. The first-order valence-electron chi connectivity index (χ1n) is 4.52. The van der Waals surface area contributed by atoms with Crippen molar-refractivity contribution in [1.82, 2.24) is 0 Å². The average Bonchev–Trinajstić information content (AvgIpc) is 2.14. The first-order valence-corrected chi connectivity index (χ1v) is 4.52. The monoisotopic (exact) mass is 190 g/mol. The van der Waals surface area contributed by atoms with E-state index in [1.165, 1.54) is 0 Å². The molecule has 0 spiro atoms. The quantitative estimate of drug-likeness (QED) is 0.614. The number of hydrogen-bond donors (Lipinski definition) is 1. The van der Waals surface area contributed by atoms with Gasteiger partial charge in [0.25, 0.3) is 0 Å². The van der Waals surface area contributed by atoms with Crippen LogP contribution in [0.4, 0.5) is 0 Å². The molecule has 13 heavy (non-hydrogen) atoms. The summed E-state index contributed by atoms with van der Waals surface area (Å²) < 4.78 is 15.5.